The normalized spacial score (nSPS) is 12.0. The minimum atomic E-state index is 0. The summed E-state index contributed by atoms with van der Waals surface area (Å²) in [5.41, 5.74) is 9.54. The van der Waals surface area contributed by atoms with E-state index in [0.29, 0.717) is 23.3 Å². The van der Waals surface area contributed by atoms with Crippen LogP contribution in [0.3, 0.4) is 0 Å². The standard InChI is InChI=1S/C40H30N6O.Pt/c1-23(2)28-6-5-7-29(24(3)4)36(28)25-8-11-31-30-12-9-26(21-33(30)38-43-16-18-45(38)35(31)20-25)47-27-10-13-32-34(22-27)39-44-17-19-46(39)40-37(32)41-14-15-42-40;/h5-20,23-24H,1-4H3;/q-2;+2. The van der Waals surface area contributed by atoms with Crippen molar-refractivity contribution in [3.05, 3.63) is 121 Å². The van der Waals surface area contributed by atoms with Crippen molar-refractivity contribution in [2.24, 2.45) is 0 Å². The van der Waals surface area contributed by atoms with E-state index < -0.39 is 0 Å². The van der Waals surface area contributed by atoms with Crippen LogP contribution in [0.4, 0.5) is 0 Å². The third-order valence-corrected chi connectivity index (χ3v) is 9.16. The molecule has 0 aliphatic rings. The molecule has 0 amide bonds. The number of hydrogen-bond acceptors (Lipinski definition) is 5. The summed E-state index contributed by atoms with van der Waals surface area (Å²) in [6.07, 6.45) is 10.9. The Morgan fingerprint density at radius 1 is 0.604 bits per heavy atom. The molecule has 0 aliphatic heterocycles. The topological polar surface area (TPSA) is 69.6 Å². The Balaban J connectivity index is 0.00000336. The Hall–Kier alpha value is -5.13. The molecule has 236 valence electrons. The molecule has 0 radical (unpaired) electrons. The van der Waals surface area contributed by atoms with Gasteiger partial charge in [0.15, 0.2) is 0 Å². The van der Waals surface area contributed by atoms with E-state index in [2.05, 4.69) is 102 Å². The molecule has 4 aromatic carbocycles. The zero-order valence-corrected chi connectivity index (χ0v) is 29.1. The molecule has 0 N–H and O–H groups in total. The first-order valence-electron chi connectivity index (χ1n) is 15.9. The van der Waals surface area contributed by atoms with Gasteiger partial charge in [0, 0.05) is 54.2 Å². The van der Waals surface area contributed by atoms with E-state index in [9.17, 15) is 0 Å². The summed E-state index contributed by atoms with van der Waals surface area (Å²) in [7, 11) is 0. The van der Waals surface area contributed by atoms with Crippen molar-refractivity contribution in [2.75, 3.05) is 0 Å². The molecule has 48 heavy (non-hydrogen) atoms. The molecule has 0 bridgehead atoms. The number of fused-ring (bicyclic) bond motifs is 12. The quantitative estimate of drug-likeness (QED) is 0.128. The molecule has 0 saturated heterocycles. The summed E-state index contributed by atoms with van der Waals surface area (Å²) in [4.78, 5) is 18.5. The molecule has 0 spiro atoms. The molecule has 0 unspecified atom stereocenters. The van der Waals surface area contributed by atoms with E-state index >= 15 is 0 Å². The third-order valence-electron chi connectivity index (χ3n) is 9.16. The van der Waals surface area contributed by atoms with Crippen LogP contribution in [0.2, 0.25) is 0 Å². The summed E-state index contributed by atoms with van der Waals surface area (Å²) in [6.45, 7) is 9.08. The zero-order chi connectivity index (χ0) is 31.8. The maximum atomic E-state index is 6.40. The van der Waals surface area contributed by atoms with Crippen molar-refractivity contribution < 1.29 is 25.8 Å². The molecule has 5 aromatic heterocycles. The molecule has 9 aromatic rings. The average Bonchev–Trinajstić information content (AvgIpc) is 3.79. The first kappa shape index (κ1) is 30.2. The molecular weight excluding hydrogens is 776 g/mol. The van der Waals surface area contributed by atoms with Gasteiger partial charge in [-0.3, -0.25) is 15.0 Å². The Kier molecular flexibility index (Phi) is 7.26. The van der Waals surface area contributed by atoms with Gasteiger partial charge in [0.1, 0.15) is 5.65 Å². The predicted octanol–water partition coefficient (Wildman–Crippen LogP) is 9.69. The molecule has 5 heterocycles. The number of nitrogens with zero attached hydrogens (tertiary/aromatic N) is 6. The first-order chi connectivity index (χ1) is 23.0. The van der Waals surface area contributed by atoms with Crippen molar-refractivity contribution >= 4 is 54.9 Å². The van der Waals surface area contributed by atoms with Crippen LogP contribution in [-0.4, -0.2) is 28.7 Å². The average molecular weight is 806 g/mol. The van der Waals surface area contributed by atoms with Gasteiger partial charge in [-0.15, -0.1) is 12.1 Å². The minimum Gasteiger partial charge on any atom is -0.497 e. The molecule has 0 fully saturated rings. The van der Waals surface area contributed by atoms with Crippen molar-refractivity contribution in [2.45, 2.75) is 39.5 Å². The Morgan fingerprint density at radius 2 is 1.19 bits per heavy atom. The SMILES string of the molecule is CC(C)c1cccc(C(C)C)c1-c1ccc2c3ccc(Oc4[c-]c5c(cc4)c4nccnc4n4ccnc54)[c-]c3c3nccn3c2c1.[Pt+2]. The summed E-state index contributed by atoms with van der Waals surface area (Å²) >= 11 is 0. The van der Waals surface area contributed by atoms with Gasteiger partial charge in [-0.1, -0.05) is 104 Å². The predicted molar refractivity (Wildman–Crippen MR) is 187 cm³/mol. The minimum absolute atomic E-state index is 0. The van der Waals surface area contributed by atoms with E-state index in [1.54, 1.807) is 18.6 Å². The number of benzene rings is 4. The van der Waals surface area contributed by atoms with Gasteiger partial charge in [0.05, 0.1) is 16.8 Å². The second-order valence-corrected chi connectivity index (χ2v) is 12.6. The Bertz CT molecular complexity index is 2660. The number of rotatable bonds is 5. The van der Waals surface area contributed by atoms with Gasteiger partial charge < -0.3 is 13.5 Å². The fourth-order valence-electron chi connectivity index (χ4n) is 7.00. The second kappa shape index (κ2) is 11.5. The smallest absolute Gasteiger partial charge is 0.497 e. The summed E-state index contributed by atoms with van der Waals surface area (Å²) < 4.78 is 10.5. The van der Waals surface area contributed by atoms with Crippen LogP contribution >= 0.6 is 0 Å². The van der Waals surface area contributed by atoms with E-state index in [1.807, 2.05) is 41.2 Å². The summed E-state index contributed by atoms with van der Waals surface area (Å²) in [5, 5.41) is 4.85. The van der Waals surface area contributed by atoms with E-state index in [4.69, 9.17) is 9.72 Å². The second-order valence-electron chi connectivity index (χ2n) is 12.6. The summed E-state index contributed by atoms with van der Waals surface area (Å²) in [5.74, 6) is 1.98. The van der Waals surface area contributed by atoms with Gasteiger partial charge in [0.2, 0.25) is 0 Å². The maximum Gasteiger partial charge on any atom is 2.00 e. The van der Waals surface area contributed by atoms with Crippen molar-refractivity contribution in [3.8, 4) is 22.6 Å². The van der Waals surface area contributed by atoms with Crippen molar-refractivity contribution in [3.63, 3.8) is 0 Å². The van der Waals surface area contributed by atoms with Crippen LogP contribution in [0.1, 0.15) is 50.7 Å². The van der Waals surface area contributed by atoms with Gasteiger partial charge in [-0.2, -0.15) is 0 Å². The zero-order valence-electron chi connectivity index (χ0n) is 26.8. The Morgan fingerprint density at radius 3 is 1.90 bits per heavy atom. The van der Waals surface area contributed by atoms with E-state index in [1.165, 1.54) is 22.3 Å². The van der Waals surface area contributed by atoms with Crippen molar-refractivity contribution in [1.82, 2.24) is 28.7 Å². The molecule has 9 rings (SSSR count). The summed E-state index contributed by atoms with van der Waals surface area (Å²) in [6, 6.07) is 28.5. The monoisotopic (exact) mass is 805 g/mol. The van der Waals surface area contributed by atoms with Gasteiger partial charge in [0.25, 0.3) is 0 Å². The van der Waals surface area contributed by atoms with Crippen LogP contribution in [0, 0.1) is 12.1 Å². The molecule has 0 saturated carbocycles. The molecular formula is C40H30N6OPt. The molecule has 0 aliphatic carbocycles. The number of aromatic nitrogens is 6. The van der Waals surface area contributed by atoms with Crippen LogP contribution in [0.5, 0.6) is 11.5 Å². The fraction of sp³-hybridized carbons (Fsp3) is 0.150. The number of imidazole rings is 2. The first-order valence-corrected chi connectivity index (χ1v) is 15.9. The van der Waals surface area contributed by atoms with E-state index in [-0.39, 0.29) is 21.1 Å². The maximum absolute atomic E-state index is 6.40. The van der Waals surface area contributed by atoms with Gasteiger partial charge >= 0.3 is 21.1 Å². The van der Waals surface area contributed by atoms with Crippen molar-refractivity contribution in [1.29, 1.82) is 0 Å². The fourth-order valence-corrected chi connectivity index (χ4v) is 7.00. The van der Waals surface area contributed by atoms with Crippen LogP contribution in [0.25, 0.3) is 66.0 Å². The number of ether oxygens (including phenoxy) is 1. The van der Waals surface area contributed by atoms with Crippen LogP contribution < -0.4 is 4.74 Å². The van der Waals surface area contributed by atoms with E-state index in [0.717, 1.165) is 54.9 Å². The molecule has 0 atom stereocenters. The molecule has 7 nitrogen and oxygen atoms in total. The van der Waals surface area contributed by atoms with Crippen LogP contribution in [0.15, 0.2) is 97.8 Å². The van der Waals surface area contributed by atoms with Gasteiger partial charge in [-0.25, -0.2) is 4.98 Å². The number of pyridine rings is 2. The largest absolute Gasteiger partial charge is 2.00 e. The third kappa shape index (κ3) is 4.60. The van der Waals surface area contributed by atoms with Crippen LogP contribution in [-0.2, 0) is 21.1 Å². The Labute approximate surface area is 291 Å². The van der Waals surface area contributed by atoms with Gasteiger partial charge in [-0.05, 0) is 45.5 Å². The number of hydrogen-bond donors (Lipinski definition) is 0. The molecule has 8 heteroatoms.